The van der Waals surface area contributed by atoms with Crippen molar-refractivity contribution in [1.82, 2.24) is 5.32 Å². The molecule has 1 nitrogen and oxygen atoms in total. The van der Waals surface area contributed by atoms with E-state index in [1.165, 1.54) is 18.2 Å². The van der Waals surface area contributed by atoms with Gasteiger partial charge in [0.25, 0.3) is 0 Å². The molecule has 0 bridgehead atoms. The Labute approximate surface area is 93.3 Å². The van der Waals surface area contributed by atoms with Gasteiger partial charge in [-0.25, -0.2) is 8.78 Å². The average Bonchev–Trinajstić information content (AvgIpc) is 2.22. The van der Waals surface area contributed by atoms with E-state index in [0.29, 0.717) is 5.75 Å². The minimum Gasteiger partial charge on any atom is -0.312 e. The lowest BCUT2D eigenvalue weighted by atomic mass is 10.1. The summed E-state index contributed by atoms with van der Waals surface area (Å²) in [6, 6.07) is 3.70. The Balaban J connectivity index is 2.90. The maximum atomic E-state index is 13.4. The lowest BCUT2D eigenvalue weighted by Crippen LogP contribution is -2.21. The third kappa shape index (κ3) is 3.18. The van der Waals surface area contributed by atoms with Gasteiger partial charge in [0.2, 0.25) is 0 Å². The molecule has 0 aliphatic rings. The standard InChI is InChI=1S/C11H15F2NS/c1-3-15-7-10(14-2)11-8(12)5-4-6-9(11)13/h4-6,10,14H,3,7H2,1-2H3. The highest BCUT2D eigenvalue weighted by atomic mass is 32.2. The van der Waals surface area contributed by atoms with Gasteiger partial charge in [0, 0.05) is 17.4 Å². The van der Waals surface area contributed by atoms with Gasteiger partial charge in [0.1, 0.15) is 11.6 Å². The van der Waals surface area contributed by atoms with Crippen molar-refractivity contribution in [1.29, 1.82) is 0 Å². The maximum absolute atomic E-state index is 13.4. The summed E-state index contributed by atoms with van der Waals surface area (Å²) in [4.78, 5) is 0. The second-order valence-corrected chi connectivity index (χ2v) is 4.45. The van der Waals surface area contributed by atoms with E-state index in [4.69, 9.17) is 0 Å². The van der Waals surface area contributed by atoms with Crippen molar-refractivity contribution in [2.75, 3.05) is 18.6 Å². The monoisotopic (exact) mass is 231 g/mol. The van der Waals surface area contributed by atoms with Crippen LogP contribution in [-0.4, -0.2) is 18.6 Å². The third-order valence-electron chi connectivity index (χ3n) is 2.19. The fraction of sp³-hybridized carbons (Fsp3) is 0.455. The summed E-state index contributed by atoms with van der Waals surface area (Å²) >= 11 is 1.66. The first-order chi connectivity index (χ1) is 7.20. The molecule has 1 rings (SSSR count). The number of halogens is 2. The summed E-state index contributed by atoms with van der Waals surface area (Å²) in [5.74, 6) is 0.649. The summed E-state index contributed by atoms with van der Waals surface area (Å²) in [5.41, 5.74) is 0.140. The fourth-order valence-corrected chi connectivity index (χ4v) is 2.20. The molecule has 1 atom stereocenters. The zero-order chi connectivity index (χ0) is 11.3. The third-order valence-corrected chi connectivity index (χ3v) is 3.16. The molecule has 1 aromatic carbocycles. The number of hydrogen-bond donors (Lipinski definition) is 1. The molecule has 0 fully saturated rings. The zero-order valence-electron chi connectivity index (χ0n) is 8.89. The van der Waals surface area contributed by atoms with Crippen LogP contribution in [0, 0.1) is 11.6 Å². The Morgan fingerprint density at radius 3 is 2.40 bits per heavy atom. The minimum absolute atomic E-state index is 0.140. The first-order valence-electron chi connectivity index (χ1n) is 4.89. The van der Waals surface area contributed by atoms with Gasteiger partial charge in [-0.15, -0.1) is 0 Å². The lowest BCUT2D eigenvalue weighted by Gasteiger charge is -2.17. The highest BCUT2D eigenvalue weighted by Crippen LogP contribution is 2.23. The quantitative estimate of drug-likeness (QED) is 0.836. The summed E-state index contributed by atoms with van der Waals surface area (Å²) in [7, 11) is 1.72. The van der Waals surface area contributed by atoms with E-state index in [-0.39, 0.29) is 11.6 Å². The molecule has 0 heterocycles. The van der Waals surface area contributed by atoms with Gasteiger partial charge < -0.3 is 5.32 Å². The molecule has 0 amide bonds. The molecule has 0 aliphatic carbocycles. The van der Waals surface area contributed by atoms with E-state index in [1.54, 1.807) is 18.8 Å². The Kier molecular flexibility index (Phi) is 5.05. The molecule has 1 N–H and O–H groups in total. The number of nitrogens with one attached hydrogen (secondary N) is 1. The van der Waals surface area contributed by atoms with Crippen LogP contribution in [-0.2, 0) is 0 Å². The van der Waals surface area contributed by atoms with Crippen molar-refractivity contribution in [3.63, 3.8) is 0 Å². The average molecular weight is 231 g/mol. The van der Waals surface area contributed by atoms with Crippen LogP contribution in [0.15, 0.2) is 18.2 Å². The zero-order valence-corrected chi connectivity index (χ0v) is 9.70. The molecule has 0 spiro atoms. The Morgan fingerprint density at radius 2 is 1.93 bits per heavy atom. The highest BCUT2D eigenvalue weighted by Gasteiger charge is 2.17. The van der Waals surface area contributed by atoms with Crippen LogP contribution >= 0.6 is 11.8 Å². The van der Waals surface area contributed by atoms with Crippen LogP contribution in [0.4, 0.5) is 8.78 Å². The Morgan fingerprint density at radius 1 is 1.33 bits per heavy atom. The van der Waals surface area contributed by atoms with E-state index in [2.05, 4.69) is 5.32 Å². The SMILES string of the molecule is CCSCC(NC)c1c(F)cccc1F. The lowest BCUT2D eigenvalue weighted by molar-refractivity contribution is 0.513. The maximum Gasteiger partial charge on any atom is 0.130 e. The first-order valence-corrected chi connectivity index (χ1v) is 6.05. The van der Waals surface area contributed by atoms with Gasteiger partial charge >= 0.3 is 0 Å². The van der Waals surface area contributed by atoms with Crippen LogP contribution in [0.3, 0.4) is 0 Å². The molecule has 1 aromatic rings. The number of thioether (sulfide) groups is 1. The molecular formula is C11H15F2NS. The smallest absolute Gasteiger partial charge is 0.130 e. The predicted molar refractivity (Wildman–Crippen MR) is 61.2 cm³/mol. The van der Waals surface area contributed by atoms with Crippen LogP contribution in [0.25, 0.3) is 0 Å². The second-order valence-electron chi connectivity index (χ2n) is 3.14. The number of hydrogen-bond acceptors (Lipinski definition) is 2. The van der Waals surface area contributed by atoms with Crippen molar-refractivity contribution < 1.29 is 8.78 Å². The van der Waals surface area contributed by atoms with E-state index >= 15 is 0 Å². The molecule has 15 heavy (non-hydrogen) atoms. The molecule has 0 saturated heterocycles. The first kappa shape index (κ1) is 12.5. The van der Waals surface area contributed by atoms with Crippen molar-refractivity contribution in [3.8, 4) is 0 Å². The molecule has 4 heteroatoms. The topological polar surface area (TPSA) is 12.0 Å². The van der Waals surface area contributed by atoms with E-state index < -0.39 is 11.6 Å². The number of rotatable bonds is 5. The van der Waals surface area contributed by atoms with Gasteiger partial charge in [-0.2, -0.15) is 11.8 Å². The normalized spacial score (nSPS) is 12.8. The van der Waals surface area contributed by atoms with E-state index in [9.17, 15) is 8.78 Å². The summed E-state index contributed by atoms with van der Waals surface area (Å²) < 4.78 is 26.9. The van der Waals surface area contributed by atoms with Crippen molar-refractivity contribution in [2.24, 2.45) is 0 Å². The van der Waals surface area contributed by atoms with Gasteiger partial charge in [-0.1, -0.05) is 13.0 Å². The van der Waals surface area contributed by atoms with Gasteiger partial charge in [0.05, 0.1) is 0 Å². The van der Waals surface area contributed by atoms with Crippen molar-refractivity contribution >= 4 is 11.8 Å². The molecule has 84 valence electrons. The summed E-state index contributed by atoms with van der Waals surface area (Å²) in [5, 5.41) is 2.93. The van der Waals surface area contributed by atoms with Crippen LogP contribution in [0.5, 0.6) is 0 Å². The van der Waals surface area contributed by atoms with Gasteiger partial charge in [-0.3, -0.25) is 0 Å². The van der Waals surface area contributed by atoms with Crippen LogP contribution in [0.2, 0.25) is 0 Å². The van der Waals surface area contributed by atoms with Gasteiger partial charge in [-0.05, 0) is 24.9 Å². The Bertz CT molecular complexity index is 297. The number of benzene rings is 1. The molecular weight excluding hydrogens is 216 g/mol. The molecule has 0 radical (unpaired) electrons. The van der Waals surface area contributed by atoms with Crippen molar-refractivity contribution in [2.45, 2.75) is 13.0 Å². The highest BCUT2D eigenvalue weighted by molar-refractivity contribution is 7.99. The molecule has 0 aliphatic heterocycles. The largest absolute Gasteiger partial charge is 0.312 e. The molecule has 0 aromatic heterocycles. The second kappa shape index (κ2) is 6.08. The van der Waals surface area contributed by atoms with Gasteiger partial charge in [0.15, 0.2) is 0 Å². The molecule has 1 unspecified atom stereocenters. The van der Waals surface area contributed by atoms with Crippen LogP contribution in [0.1, 0.15) is 18.5 Å². The van der Waals surface area contributed by atoms with E-state index in [1.807, 2.05) is 6.92 Å². The minimum atomic E-state index is -0.481. The van der Waals surface area contributed by atoms with Crippen LogP contribution < -0.4 is 5.32 Å². The molecule has 0 saturated carbocycles. The summed E-state index contributed by atoms with van der Waals surface area (Å²) in [6.07, 6.45) is 0. The summed E-state index contributed by atoms with van der Waals surface area (Å²) in [6.45, 7) is 2.02. The van der Waals surface area contributed by atoms with Crippen molar-refractivity contribution in [3.05, 3.63) is 35.4 Å². The predicted octanol–water partition coefficient (Wildman–Crippen LogP) is 2.98. The fourth-order valence-electron chi connectivity index (χ4n) is 1.39. The Hall–Kier alpha value is -0.610. The van der Waals surface area contributed by atoms with E-state index in [0.717, 1.165) is 5.75 Å².